The molecular formula is C21H12FNO4S2. The van der Waals surface area contributed by atoms with Gasteiger partial charge in [-0.3, -0.25) is 9.69 Å². The summed E-state index contributed by atoms with van der Waals surface area (Å²) in [5.41, 5.74) is 1.26. The van der Waals surface area contributed by atoms with Gasteiger partial charge in [-0.15, -0.1) is 0 Å². The number of rotatable bonds is 4. The summed E-state index contributed by atoms with van der Waals surface area (Å²) in [5.74, 6) is -0.834. The Labute approximate surface area is 174 Å². The molecule has 0 radical (unpaired) electrons. The van der Waals surface area contributed by atoms with Gasteiger partial charge in [-0.25, -0.2) is 9.18 Å². The third-order valence-electron chi connectivity index (χ3n) is 4.17. The molecule has 8 heteroatoms. The Bertz CT molecular complexity index is 1170. The number of hydrogen-bond acceptors (Lipinski definition) is 5. The maximum atomic E-state index is 13.1. The van der Waals surface area contributed by atoms with Crippen molar-refractivity contribution in [3.8, 4) is 11.3 Å². The number of carbonyl (C=O) groups excluding carboxylic acids is 1. The number of nitrogens with zero attached hydrogens (tertiary/aromatic N) is 1. The third kappa shape index (κ3) is 3.85. The van der Waals surface area contributed by atoms with Crippen LogP contribution in [0.1, 0.15) is 16.1 Å². The summed E-state index contributed by atoms with van der Waals surface area (Å²) in [7, 11) is 0. The predicted octanol–water partition coefficient (Wildman–Crippen LogP) is 5.19. The minimum Gasteiger partial charge on any atom is -0.478 e. The van der Waals surface area contributed by atoms with Gasteiger partial charge in [-0.05, 0) is 48.5 Å². The van der Waals surface area contributed by atoms with Gasteiger partial charge >= 0.3 is 5.97 Å². The zero-order chi connectivity index (χ0) is 20.5. The van der Waals surface area contributed by atoms with Crippen LogP contribution in [0.25, 0.3) is 17.4 Å². The number of amides is 1. The Balaban J connectivity index is 1.60. The Hall–Kier alpha value is -3.23. The molecule has 0 saturated carbocycles. The number of benzene rings is 2. The van der Waals surface area contributed by atoms with E-state index in [0.717, 1.165) is 11.8 Å². The fourth-order valence-electron chi connectivity index (χ4n) is 2.80. The highest BCUT2D eigenvalue weighted by Crippen LogP contribution is 2.36. The number of halogens is 1. The van der Waals surface area contributed by atoms with Crippen LogP contribution in [0.4, 0.5) is 10.1 Å². The molecule has 29 heavy (non-hydrogen) atoms. The number of thioether (sulfide) groups is 1. The zero-order valence-corrected chi connectivity index (χ0v) is 16.3. The van der Waals surface area contributed by atoms with Crippen LogP contribution in [0.5, 0.6) is 0 Å². The van der Waals surface area contributed by atoms with Crippen molar-refractivity contribution in [2.75, 3.05) is 4.90 Å². The lowest BCUT2D eigenvalue weighted by atomic mass is 10.1. The molecule has 5 nitrogen and oxygen atoms in total. The van der Waals surface area contributed by atoms with Crippen molar-refractivity contribution in [1.82, 2.24) is 0 Å². The molecule has 0 spiro atoms. The van der Waals surface area contributed by atoms with Crippen LogP contribution < -0.4 is 4.90 Å². The highest BCUT2D eigenvalue weighted by Gasteiger charge is 2.33. The number of aromatic carboxylic acids is 1. The fourth-order valence-corrected chi connectivity index (χ4v) is 4.08. The molecule has 0 aliphatic carbocycles. The van der Waals surface area contributed by atoms with E-state index in [9.17, 15) is 14.0 Å². The van der Waals surface area contributed by atoms with E-state index in [4.69, 9.17) is 21.7 Å². The first-order chi connectivity index (χ1) is 13.9. The average molecular weight is 425 g/mol. The van der Waals surface area contributed by atoms with Gasteiger partial charge < -0.3 is 9.52 Å². The van der Waals surface area contributed by atoms with Crippen molar-refractivity contribution in [1.29, 1.82) is 0 Å². The summed E-state index contributed by atoms with van der Waals surface area (Å²) in [6.45, 7) is 0. The molecule has 1 amide bonds. The van der Waals surface area contributed by atoms with Gasteiger partial charge in [0.25, 0.3) is 5.91 Å². The van der Waals surface area contributed by atoms with Crippen LogP contribution in [-0.4, -0.2) is 21.3 Å². The van der Waals surface area contributed by atoms with Crippen molar-refractivity contribution >= 4 is 51.9 Å². The second-order valence-electron chi connectivity index (χ2n) is 6.08. The van der Waals surface area contributed by atoms with E-state index in [-0.39, 0.29) is 11.5 Å². The van der Waals surface area contributed by atoms with E-state index in [1.165, 1.54) is 41.3 Å². The summed E-state index contributed by atoms with van der Waals surface area (Å²) < 4.78 is 19.2. The van der Waals surface area contributed by atoms with Crippen LogP contribution in [0.3, 0.4) is 0 Å². The number of carboxylic acid groups (broad SMARTS) is 1. The van der Waals surface area contributed by atoms with Gasteiger partial charge in [0.2, 0.25) is 0 Å². The standard InChI is InChI=1S/C21H12FNO4S2/c22-14-4-6-15(7-5-14)23-19(24)18(29-21(23)28)11-16-8-9-17(27-16)12-2-1-3-13(10-12)20(25)26/h1-11H,(H,25,26)/b18-11-. The van der Waals surface area contributed by atoms with Gasteiger partial charge in [0.15, 0.2) is 4.32 Å². The van der Waals surface area contributed by atoms with E-state index in [0.29, 0.717) is 32.0 Å². The van der Waals surface area contributed by atoms with Crippen molar-refractivity contribution in [2.45, 2.75) is 0 Å². The lowest BCUT2D eigenvalue weighted by Crippen LogP contribution is -2.27. The van der Waals surface area contributed by atoms with Crippen molar-refractivity contribution in [3.63, 3.8) is 0 Å². The number of anilines is 1. The molecule has 1 aliphatic heterocycles. The zero-order valence-electron chi connectivity index (χ0n) is 14.7. The SMILES string of the molecule is O=C(O)c1cccc(-c2ccc(/C=C3\SC(=S)N(c4ccc(F)cc4)C3=O)o2)c1. The highest BCUT2D eigenvalue weighted by molar-refractivity contribution is 8.27. The summed E-state index contributed by atoms with van der Waals surface area (Å²) in [6.07, 6.45) is 1.58. The molecule has 0 bridgehead atoms. The van der Waals surface area contributed by atoms with Crippen LogP contribution in [-0.2, 0) is 4.79 Å². The summed E-state index contributed by atoms with van der Waals surface area (Å²) in [4.78, 5) is 25.6. The first kappa shape index (κ1) is 19.1. The molecule has 144 valence electrons. The van der Waals surface area contributed by atoms with E-state index < -0.39 is 11.8 Å². The maximum absolute atomic E-state index is 13.1. The predicted molar refractivity (Wildman–Crippen MR) is 113 cm³/mol. The summed E-state index contributed by atoms with van der Waals surface area (Å²) >= 11 is 6.42. The number of carboxylic acids is 1. The highest BCUT2D eigenvalue weighted by atomic mass is 32.2. The van der Waals surface area contributed by atoms with E-state index in [1.54, 1.807) is 30.3 Å². The smallest absolute Gasteiger partial charge is 0.335 e. The summed E-state index contributed by atoms with van der Waals surface area (Å²) in [6, 6.07) is 15.3. The Kier molecular flexibility index (Phi) is 5.04. The lowest BCUT2D eigenvalue weighted by molar-refractivity contribution is -0.113. The first-order valence-corrected chi connectivity index (χ1v) is 9.62. The second-order valence-corrected chi connectivity index (χ2v) is 7.76. The van der Waals surface area contributed by atoms with Gasteiger partial charge in [0.05, 0.1) is 16.2 Å². The van der Waals surface area contributed by atoms with Crippen molar-refractivity contribution in [2.24, 2.45) is 0 Å². The number of furan rings is 1. The van der Waals surface area contributed by atoms with Crippen LogP contribution in [0, 0.1) is 5.82 Å². The lowest BCUT2D eigenvalue weighted by Gasteiger charge is -2.14. The molecule has 2 aromatic carbocycles. The Morgan fingerprint density at radius 1 is 1.14 bits per heavy atom. The topological polar surface area (TPSA) is 70.8 Å². The molecular weight excluding hydrogens is 413 g/mol. The van der Waals surface area contributed by atoms with Crippen LogP contribution >= 0.6 is 24.0 Å². The normalized spacial score (nSPS) is 15.3. The molecule has 2 heterocycles. The van der Waals surface area contributed by atoms with E-state index >= 15 is 0 Å². The Morgan fingerprint density at radius 2 is 1.90 bits per heavy atom. The molecule has 0 unspecified atom stereocenters. The Morgan fingerprint density at radius 3 is 2.62 bits per heavy atom. The van der Waals surface area contributed by atoms with Crippen LogP contribution in [0.2, 0.25) is 0 Å². The fraction of sp³-hybridized carbons (Fsp3) is 0. The molecule has 1 fully saturated rings. The van der Waals surface area contributed by atoms with Gasteiger partial charge in [0, 0.05) is 11.6 Å². The first-order valence-electron chi connectivity index (χ1n) is 8.39. The van der Waals surface area contributed by atoms with Crippen molar-refractivity contribution < 1.29 is 23.5 Å². The number of thiocarbonyl (C=S) groups is 1. The molecule has 1 aliphatic rings. The minimum absolute atomic E-state index is 0.153. The molecule has 0 atom stereocenters. The molecule has 1 saturated heterocycles. The molecule has 1 N–H and O–H groups in total. The van der Waals surface area contributed by atoms with Gasteiger partial charge in [0.1, 0.15) is 17.3 Å². The largest absolute Gasteiger partial charge is 0.478 e. The number of hydrogen-bond donors (Lipinski definition) is 1. The van der Waals surface area contributed by atoms with Crippen molar-refractivity contribution in [3.05, 3.63) is 82.7 Å². The van der Waals surface area contributed by atoms with Gasteiger partial charge in [-0.2, -0.15) is 0 Å². The third-order valence-corrected chi connectivity index (χ3v) is 5.47. The van der Waals surface area contributed by atoms with E-state index in [2.05, 4.69) is 0 Å². The number of carbonyl (C=O) groups is 2. The van der Waals surface area contributed by atoms with Gasteiger partial charge in [-0.1, -0.05) is 36.1 Å². The molecule has 4 rings (SSSR count). The monoisotopic (exact) mass is 425 g/mol. The minimum atomic E-state index is -1.02. The quantitative estimate of drug-likeness (QED) is 0.458. The maximum Gasteiger partial charge on any atom is 0.335 e. The van der Waals surface area contributed by atoms with E-state index in [1.807, 2.05) is 0 Å². The summed E-state index contributed by atoms with van der Waals surface area (Å²) in [5, 5.41) is 9.12. The molecule has 1 aromatic heterocycles. The average Bonchev–Trinajstić information content (AvgIpc) is 3.28. The second kappa shape index (κ2) is 7.65. The molecule has 3 aromatic rings. The van der Waals surface area contributed by atoms with Crippen LogP contribution in [0.15, 0.2) is 70.0 Å².